The second kappa shape index (κ2) is 4.99. The first-order chi connectivity index (χ1) is 13.9. The van der Waals surface area contributed by atoms with E-state index in [2.05, 4.69) is 97.1 Å². The third-order valence-electron chi connectivity index (χ3n) is 6.31. The summed E-state index contributed by atoms with van der Waals surface area (Å²) in [6, 6.07) is 35.9. The highest BCUT2D eigenvalue weighted by Gasteiger charge is 2.15. The molecule has 0 nitrogen and oxygen atoms in total. The molecule has 0 saturated carbocycles. The molecule has 0 amide bonds. The smallest absolute Gasteiger partial charge is 0.00139 e. The van der Waals surface area contributed by atoms with E-state index in [1.54, 1.807) is 0 Å². The number of rotatable bonds is 0. The molecule has 28 heavy (non-hydrogen) atoms. The molecule has 0 aromatic heterocycles. The van der Waals surface area contributed by atoms with Crippen molar-refractivity contribution in [2.24, 2.45) is 0 Å². The fourth-order valence-corrected chi connectivity index (χ4v) is 5.12. The van der Waals surface area contributed by atoms with E-state index in [1.807, 2.05) is 0 Å². The van der Waals surface area contributed by atoms with Gasteiger partial charge in [-0.25, -0.2) is 0 Å². The van der Waals surface area contributed by atoms with Crippen LogP contribution in [-0.4, -0.2) is 0 Å². The summed E-state index contributed by atoms with van der Waals surface area (Å²) in [5.74, 6) is 0. The van der Waals surface area contributed by atoms with Crippen molar-refractivity contribution in [1.29, 1.82) is 0 Å². The van der Waals surface area contributed by atoms with Gasteiger partial charge in [0.05, 0.1) is 0 Å². The molecule has 0 fully saturated rings. The van der Waals surface area contributed by atoms with E-state index in [0.29, 0.717) is 0 Å². The summed E-state index contributed by atoms with van der Waals surface area (Å²) < 4.78 is 0. The fourth-order valence-electron chi connectivity index (χ4n) is 5.12. The molecule has 0 atom stereocenters. The molecule has 0 heteroatoms. The molecule has 0 saturated heterocycles. The summed E-state index contributed by atoms with van der Waals surface area (Å²) in [5, 5.41) is 16.1. The fraction of sp³-hybridized carbons (Fsp3) is 0. The predicted octanol–water partition coefficient (Wildman–Crippen LogP) is 8.04. The third kappa shape index (κ3) is 1.70. The highest BCUT2D eigenvalue weighted by molar-refractivity contribution is 6.39. The topological polar surface area (TPSA) is 0 Å². The van der Waals surface area contributed by atoms with Crippen LogP contribution in [0.15, 0.2) is 97.1 Å². The SMILES string of the molecule is c1ccc2cc3c(cc2c1)cc1ccc2cccc4c5ccccc5c3c1c24. The Bertz CT molecular complexity index is 1700. The van der Waals surface area contributed by atoms with Crippen LogP contribution in [0.1, 0.15) is 0 Å². The minimum Gasteiger partial charge on any atom is -0.0616 e. The molecule has 128 valence electrons. The zero-order chi connectivity index (χ0) is 18.2. The zero-order valence-corrected chi connectivity index (χ0v) is 15.2. The maximum absolute atomic E-state index is 2.38. The van der Waals surface area contributed by atoms with Gasteiger partial charge in [0.25, 0.3) is 0 Å². The number of fused-ring (bicyclic) bond motifs is 6. The Hall–Kier alpha value is -3.64. The number of hydrogen-bond donors (Lipinski definition) is 0. The van der Waals surface area contributed by atoms with Crippen LogP contribution in [0.5, 0.6) is 0 Å². The van der Waals surface area contributed by atoms with Crippen LogP contribution in [0.25, 0.3) is 64.6 Å². The lowest BCUT2D eigenvalue weighted by molar-refractivity contribution is 1.79. The molecule has 0 N–H and O–H groups in total. The second-order valence-electron chi connectivity index (χ2n) is 7.79. The van der Waals surface area contributed by atoms with Crippen LogP contribution in [0.4, 0.5) is 0 Å². The first kappa shape index (κ1) is 14.4. The zero-order valence-electron chi connectivity index (χ0n) is 15.2. The third-order valence-corrected chi connectivity index (χ3v) is 6.31. The van der Waals surface area contributed by atoms with Crippen molar-refractivity contribution < 1.29 is 0 Å². The molecule has 0 radical (unpaired) electrons. The maximum Gasteiger partial charge on any atom is -0.00139 e. The van der Waals surface area contributed by atoms with Crippen molar-refractivity contribution in [1.82, 2.24) is 0 Å². The lowest BCUT2D eigenvalue weighted by atomic mass is 9.86. The first-order valence-corrected chi connectivity index (χ1v) is 9.79. The van der Waals surface area contributed by atoms with E-state index < -0.39 is 0 Å². The molecule has 0 bridgehead atoms. The highest BCUT2D eigenvalue weighted by atomic mass is 14.2. The van der Waals surface area contributed by atoms with E-state index in [4.69, 9.17) is 0 Å². The molecule has 0 spiro atoms. The van der Waals surface area contributed by atoms with Crippen LogP contribution in [0.2, 0.25) is 0 Å². The Labute approximate surface area is 162 Å². The highest BCUT2D eigenvalue weighted by Crippen LogP contribution is 2.44. The lowest BCUT2D eigenvalue weighted by Gasteiger charge is -2.17. The van der Waals surface area contributed by atoms with Gasteiger partial charge in [-0.05, 0) is 82.8 Å². The van der Waals surface area contributed by atoms with Gasteiger partial charge in [0.15, 0.2) is 0 Å². The van der Waals surface area contributed by atoms with Gasteiger partial charge in [-0.1, -0.05) is 78.9 Å². The van der Waals surface area contributed by atoms with Gasteiger partial charge in [-0.2, -0.15) is 0 Å². The number of hydrogen-bond acceptors (Lipinski definition) is 0. The van der Waals surface area contributed by atoms with E-state index in [9.17, 15) is 0 Å². The Morgan fingerprint density at radius 1 is 0.286 bits per heavy atom. The minimum atomic E-state index is 1.30. The second-order valence-corrected chi connectivity index (χ2v) is 7.79. The quantitative estimate of drug-likeness (QED) is 0.191. The number of benzene rings is 7. The molecule has 0 aliphatic rings. The van der Waals surface area contributed by atoms with Crippen LogP contribution in [0, 0.1) is 0 Å². The molecule has 0 heterocycles. The monoisotopic (exact) mass is 352 g/mol. The summed E-state index contributed by atoms with van der Waals surface area (Å²) in [6.07, 6.45) is 0. The lowest BCUT2D eigenvalue weighted by Crippen LogP contribution is -1.89. The van der Waals surface area contributed by atoms with E-state index >= 15 is 0 Å². The van der Waals surface area contributed by atoms with Crippen molar-refractivity contribution in [2.45, 2.75) is 0 Å². The molecule has 7 aromatic carbocycles. The van der Waals surface area contributed by atoms with Gasteiger partial charge < -0.3 is 0 Å². The van der Waals surface area contributed by atoms with Gasteiger partial charge in [0.2, 0.25) is 0 Å². The van der Waals surface area contributed by atoms with Crippen molar-refractivity contribution in [3.05, 3.63) is 97.1 Å². The van der Waals surface area contributed by atoms with Crippen LogP contribution < -0.4 is 0 Å². The van der Waals surface area contributed by atoms with Gasteiger partial charge in [-0.3, -0.25) is 0 Å². The summed E-state index contributed by atoms with van der Waals surface area (Å²) in [7, 11) is 0. The molecule has 0 unspecified atom stereocenters. The van der Waals surface area contributed by atoms with E-state index in [1.165, 1.54) is 64.6 Å². The molecular weight excluding hydrogens is 336 g/mol. The standard InChI is InChI=1S/C28H16/c1-2-7-19-16-25-21(14-18(19)6-1)15-20-13-12-17-8-5-11-23-22-9-3-4-10-24(22)28(25)27(20)26(17)23/h1-16H. The van der Waals surface area contributed by atoms with Crippen LogP contribution >= 0.6 is 0 Å². The first-order valence-electron chi connectivity index (χ1n) is 9.79. The van der Waals surface area contributed by atoms with Crippen molar-refractivity contribution in [3.63, 3.8) is 0 Å². The summed E-state index contributed by atoms with van der Waals surface area (Å²) in [4.78, 5) is 0. The molecule has 0 aliphatic heterocycles. The van der Waals surface area contributed by atoms with E-state index in [-0.39, 0.29) is 0 Å². The van der Waals surface area contributed by atoms with Gasteiger partial charge in [0.1, 0.15) is 0 Å². The summed E-state index contributed by atoms with van der Waals surface area (Å²) in [6.45, 7) is 0. The molecule has 7 aromatic rings. The average molecular weight is 352 g/mol. The Kier molecular flexibility index (Phi) is 2.57. The van der Waals surface area contributed by atoms with Crippen LogP contribution in [0.3, 0.4) is 0 Å². The maximum atomic E-state index is 2.38. The summed E-state index contributed by atoms with van der Waals surface area (Å²) >= 11 is 0. The Balaban J connectivity index is 1.91. The van der Waals surface area contributed by atoms with Crippen molar-refractivity contribution in [2.75, 3.05) is 0 Å². The van der Waals surface area contributed by atoms with Gasteiger partial charge in [-0.15, -0.1) is 0 Å². The van der Waals surface area contributed by atoms with Crippen molar-refractivity contribution >= 4 is 64.6 Å². The Morgan fingerprint density at radius 3 is 1.79 bits per heavy atom. The normalized spacial score (nSPS) is 12.3. The summed E-state index contributed by atoms with van der Waals surface area (Å²) in [5.41, 5.74) is 0. The van der Waals surface area contributed by atoms with E-state index in [0.717, 1.165) is 0 Å². The Morgan fingerprint density at radius 2 is 0.893 bits per heavy atom. The van der Waals surface area contributed by atoms with Crippen LogP contribution in [-0.2, 0) is 0 Å². The predicted molar refractivity (Wildman–Crippen MR) is 123 cm³/mol. The largest absolute Gasteiger partial charge is 0.0616 e. The minimum absolute atomic E-state index is 1.30. The van der Waals surface area contributed by atoms with Gasteiger partial charge >= 0.3 is 0 Å². The van der Waals surface area contributed by atoms with Gasteiger partial charge in [0, 0.05) is 0 Å². The molecule has 7 rings (SSSR count). The molecular formula is C28H16. The molecule has 0 aliphatic carbocycles. The average Bonchev–Trinajstić information content (AvgIpc) is 2.76. The van der Waals surface area contributed by atoms with Crippen molar-refractivity contribution in [3.8, 4) is 0 Å².